The van der Waals surface area contributed by atoms with Crippen molar-refractivity contribution in [2.24, 2.45) is 13.0 Å². The molecule has 1 aliphatic carbocycles. The van der Waals surface area contributed by atoms with Gasteiger partial charge in [0.05, 0.1) is 12.1 Å². The van der Waals surface area contributed by atoms with Crippen molar-refractivity contribution in [3.63, 3.8) is 0 Å². The first-order valence-corrected chi connectivity index (χ1v) is 13.4. The minimum atomic E-state index is 0.663. The Kier molecular flexibility index (Phi) is 5.84. The zero-order valence-corrected chi connectivity index (χ0v) is 22.2. The molecule has 0 unspecified atom stereocenters. The molecule has 0 spiro atoms. The van der Waals surface area contributed by atoms with Crippen LogP contribution in [0.15, 0.2) is 65.1 Å². The van der Waals surface area contributed by atoms with E-state index in [2.05, 4.69) is 72.8 Å². The lowest BCUT2D eigenvalue weighted by molar-refractivity contribution is -0.666. The van der Waals surface area contributed by atoms with Crippen molar-refractivity contribution in [2.75, 3.05) is 0 Å². The van der Waals surface area contributed by atoms with Crippen molar-refractivity contribution in [1.82, 2.24) is 0 Å². The van der Waals surface area contributed by atoms with Crippen LogP contribution in [0.5, 0.6) is 0 Å². The molecule has 0 amide bonds. The maximum atomic E-state index is 7.94. The monoisotopic (exact) mass is 485 g/mol. The van der Waals surface area contributed by atoms with Gasteiger partial charge in [-0.05, 0) is 48.4 Å². The molecule has 1 saturated carbocycles. The standard InChI is InChI=1S/C34H33N2O/c1-21-15-16-27-28-17-22(2)32(35-4)31(26-13-7-6-8-14-26)34(28)37-33(27)30(21)29-20-25(18-23(3)36(29)5)19-24-11-9-10-12-24/h6-8,13-18,20,24H,9-12,19H2,1-3,5H3/q+1. The van der Waals surface area contributed by atoms with Gasteiger partial charge >= 0.3 is 0 Å². The Morgan fingerprint density at radius 1 is 0.865 bits per heavy atom. The van der Waals surface area contributed by atoms with Crippen LogP contribution in [-0.2, 0) is 13.5 Å². The average Bonchev–Trinajstić information content (AvgIpc) is 3.53. The van der Waals surface area contributed by atoms with Crippen molar-refractivity contribution < 1.29 is 8.98 Å². The van der Waals surface area contributed by atoms with Crippen LogP contribution in [0, 0.1) is 33.3 Å². The highest BCUT2D eigenvalue weighted by molar-refractivity contribution is 6.15. The minimum Gasteiger partial charge on any atom is -0.456 e. The van der Waals surface area contributed by atoms with Gasteiger partial charge in [-0.1, -0.05) is 74.2 Å². The first-order chi connectivity index (χ1) is 18.0. The largest absolute Gasteiger partial charge is 0.456 e. The van der Waals surface area contributed by atoms with Gasteiger partial charge in [-0.2, -0.15) is 4.57 Å². The molecular formula is C34H33N2O+. The van der Waals surface area contributed by atoms with Gasteiger partial charge in [0.2, 0.25) is 11.4 Å². The summed E-state index contributed by atoms with van der Waals surface area (Å²) in [7, 11) is 2.15. The van der Waals surface area contributed by atoms with E-state index in [0.29, 0.717) is 5.69 Å². The maximum Gasteiger partial charge on any atom is 0.216 e. The molecule has 2 heterocycles. The molecule has 3 heteroatoms. The van der Waals surface area contributed by atoms with Crippen LogP contribution in [-0.4, -0.2) is 0 Å². The molecule has 1 aliphatic rings. The van der Waals surface area contributed by atoms with Gasteiger partial charge in [0, 0.05) is 35.4 Å². The van der Waals surface area contributed by atoms with E-state index >= 15 is 0 Å². The number of rotatable bonds is 4. The van der Waals surface area contributed by atoms with Crippen molar-refractivity contribution >= 4 is 27.6 Å². The number of benzene rings is 3. The lowest BCUT2D eigenvalue weighted by Crippen LogP contribution is -2.35. The molecule has 184 valence electrons. The Labute approximate surface area is 219 Å². The summed E-state index contributed by atoms with van der Waals surface area (Å²) in [6.07, 6.45) is 6.57. The first-order valence-electron chi connectivity index (χ1n) is 13.4. The van der Waals surface area contributed by atoms with Crippen LogP contribution < -0.4 is 4.57 Å². The quantitative estimate of drug-likeness (QED) is 0.184. The summed E-state index contributed by atoms with van der Waals surface area (Å²) in [5.74, 6) is 0.798. The Balaban J connectivity index is 1.64. The summed E-state index contributed by atoms with van der Waals surface area (Å²) in [4.78, 5) is 3.94. The summed E-state index contributed by atoms with van der Waals surface area (Å²) in [6.45, 7) is 14.4. The third-order valence-corrected chi connectivity index (χ3v) is 8.34. The number of hydrogen-bond donors (Lipinski definition) is 0. The summed E-state index contributed by atoms with van der Waals surface area (Å²) >= 11 is 0. The fourth-order valence-electron chi connectivity index (χ4n) is 6.31. The van der Waals surface area contributed by atoms with Gasteiger partial charge < -0.3 is 4.42 Å². The van der Waals surface area contributed by atoms with E-state index < -0.39 is 0 Å². The van der Waals surface area contributed by atoms with Crippen molar-refractivity contribution in [2.45, 2.75) is 52.9 Å². The van der Waals surface area contributed by atoms with Crippen LogP contribution >= 0.6 is 0 Å². The third-order valence-electron chi connectivity index (χ3n) is 8.34. The van der Waals surface area contributed by atoms with Gasteiger partial charge in [0.25, 0.3) is 0 Å². The van der Waals surface area contributed by atoms with Gasteiger partial charge in [0.15, 0.2) is 5.69 Å². The summed E-state index contributed by atoms with van der Waals surface area (Å²) in [6, 6.07) is 21.4. The summed E-state index contributed by atoms with van der Waals surface area (Å²) in [5, 5.41) is 2.17. The fourth-order valence-corrected chi connectivity index (χ4v) is 6.31. The molecule has 0 radical (unpaired) electrons. The SMILES string of the molecule is [C-]#[N+]c1c(C)cc2c(oc3c(-c4cc(CC5CCCC5)cc(C)[n+]4C)c(C)ccc32)c1-c1ccccc1. The number of aryl methyl sites for hydroxylation is 3. The fraction of sp³-hybridized carbons (Fsp3) is 0.294. The van der Waals surface area contributed by atoms with Crippen LogP contribution in [0.1, 0.15) is 48.1 Å². The molecule has 2 aromatic heterocycles. The Morgan fingerprint density at radius 3 is 2.32 bits per heavy atom. The zero-order valence-electron chi connectivity index (χ0n) is 22.2. The number of hydrogen-bond acceptors (Lipinski definition) is 1. The second kappa shape index (κ2) is 9.20. The molecule has 0 N–H and O–H groups in total. The number of nitrogens with zero attached hydrogens (tertiary/aromatic N) is 2. The van der Waals surface area contributed by atoms with E-state index in [9.17, 15) is 0 Å². The van der Waals surface area contributed by atoms with E-state index in [4.69, 9.17) is 11.0 Å². The van der Waals surface area contributed by atoms with E-state index in [1.54, 1.807) is 0 Å². The molecule has 0 bridgehead atoms. The van der Waals surface area contributed by atoms with Crippen LogP contribution in [0.4, 0.5) is 5.69 Å². The van der Waals surface area contributed by atoms with Crippen molar-refractivity contribution in [3.05, 3.63) is 94.5 Å². The number of fused-ring (bicyclic) bond motifs is 3. The minimum absolute atomic E-state index is 0.663. The van der Waals surface area contributed by atoms with Crippen molar-refractivity contribution in [1.29, 1.82) is 0 Å². The molecule has 3 aromatic carbocycles. The highest BCUT2D eigenvalue weighted by Gasteiger charge is 2.26. The summed E-state index contributed by atoms with van der Waals surface area (Å²) in [5.41, 5.74) is 11.5. The van der Waals surface area contributed by atoms with E-state index in [1.165, 1.54) is 48.2 Å². The van der Waals surface area contributed by atoms with Gasteiger partial charge in [-0.15, -0.1) is 0 Å². The highest BCUT2D eigenvalue weighted by atomic mass is 16.3. The second-order valence-electron chi connectivity index (χ2n) is 10.8. The van der Waals surface area contributed by atoms with Gasteiger partial charge in [0.1, 0.15) is 18.2 Å². The molecule has 3 nitrogen and oxygen atoms in total. The number of furan rings is 1. The normalized spacial score (nSPS) is 14.0. The highest BCUT2D eigenvalue weighted by Crippen LogP contribution is 2.46. The summed E-state index contributed by atoms with van der Waals surface area (Å²) < 4.78 is 9.11. The number of pyridine rings is 1. The molecule has 37 heavy (non-hydrogen) atoms. The van der Waals surface area contributed by atoms with Crippen LogP contribution in [0.3, 0.4) is 0 Å². The van der Waals surface area contributed by atoms with Crippen LogP contribution in [0.25, 0.3) is 49.2 Å². The molecule has 6 rings (SSSR count). The molecule has 0 atom stereocenters. The maximum absolute atomic E-state index is 7.94. The Bertz CT molecular complexity index is 1700. The van der Waals surface area contributed by atoms with Gasteiger partial charge in [-0.3, -0.25) is 0 Å². The topological polar surface area (TPSA) is 21.4 Å². The molecular weight excluding hydrogens is 452 g/mol. The average molecular weight is 486 g/mol. The zero-order chi connectivity index (χ0) is 25.7. The van der Waals surface area contributed by atoms with E-state index in [-0.39, 0.29) is 0 Å². The lowest BCUT2D eigenvalue weighted by Gasteiger charge is -2.12. The first kappa shape index (κ1) is 23.5. The predicted octanol–water partition coefficient (Wildman–Crippen LogP) is 8.95. The Morgan fingerprint density at radius 2 is 1.59 bits per heavy atom. The predicted molar refractivity (Wildman–Crippen MR) is 152 cm³/mol. The van der Waals surface area contributed by atoms with E-state index in [1.807, 2.05) is 25.1 Å². The molecule has 5 aromatic rings. The van der Waals surface area contributed by atoms with Crippen LogP contribution in [0.2, 0.25) is 0 Å². The molecule has 0 saturated heterocycles. The van der Waals surface area contributed by atoms with E-state index in [0.717, 1.165) is 56.5 Å². The third kappa shape index (κ3) is 3.92. The molecule has 0 aliphatic heterocycles. The van der Waals surface area contributed by atoms with Crippen molar-refractivity contribution in [3.8, 4) is 22.4 Å². The Hall–Kier alpha value is -3.90. The lowest BCUT2D eigenvalue weighted by atomic mass is 9.94. The number of aromatic nitrogens is 1. The smallest absolute Gasteiger partial charge is 0.216 e. The van der Waals surface area contributed by atoms with Gasteiger partial charge in [-0.25, -0.2) is 4.85 Å². The molecule has 1 fully saturated rings. The second-order valence-corrected chi connectivity index (χ2v) is 10.8.